The average molecular weight is 328 g/mol. The van der Waals surface area contributed by atoms with Crippen molar-refractivity contribution in [1.82, 2.24) is 0 Å². The summed E-state index contributed by atoms with van der Waals surface area (Å²) in [6, 6.07) is 0. The van der Waals surface area contributed by atoms with Gasteiger partial charge in [-0.3, -0.25) is 4.79 Å². The standard InChI is InChI=1S/C22H32O2/c1-21-13-4-3-5-15(21)6-9-17-18-10-7-16(8-11-20(23)24)22(18,2)14-12-19(17)21/h3,5-6,16-19H,4,7-14H2,1-2H3,(H,23,24)/t16-,17+,18+,19+,21+,22-/m1/s1. The summed E-state index contributed by atoms with van der Waals surface area (Å²) in [7, 11) is 0. The molecule has 2 fully saturated rings. The zero-order chi connectivity index (χ0) is 16.9. The van der Waals surface area contributed by atoms with E-state index >= 15 is 0 Å². The summed E-state index contributed by atoms with van der Waals surface area (Å²) >= 11 is 0. The van der Waals surface area contributed by atoms with Crippen molar-refractivity contribution < 1.29 is 9.90 Å². The van der Waals surface area contributed by atoms with Crippen molar-refractivity contribution >= 4 is 5.97 Å². The second-order valence-corrected chi connectivity index (χ2v) is 9.38. The van der Waals surface area contributed by atoms with Crippen molar-refractivity contribution in [3.8, 4) is 0 Å². The van der Waals surface area contributed by atoms with Crippen LogP contribution in [0.4, 0.5) is 0 Å². The predicted molar refractivity (Wildman–Crippen MR) is 96.6 cm³/mol. The van der Waals surface area contributed by atoms with Crippen LogP contribution in [0.1, 0.15) is 71.6 Å². The monoisotopic (exact) mass is 328 g/mol. The molecule has 0 unspecified atom stereocenters. The van der Waals surface area contributed by atoms with Gasteiger partial charge in [-0.05, 0) is 91.4 Å². The molecule has 0 bridgehead atoms. The van der Waals surface area contributed by atoms with Gasteiger partial charge in [0, 0.05) is 6.42 Å². The highest BCUT2D eigenvalue weighted by molar-refractivity contribution is 5.66. The summed E-state index contributed by atoms with van der Waals surface area (Å²) in [5.41, 5.74) is 2.40. The van der Waals surface area contributed by atoms with E-state index in [1.807, 2.05) is 0 Å². The fourth-order valence-corrected chi connectivity index (χ4v) is 7.18. The number of carboxylic acid groups (broad SMARTS) is 1. The Morgan fingerprint density at radius 3 is 2.83 bits per heavy atom. The average Bonchev–Trinajstić information content (AvgIpc) is 2.89. The smallest absolute Gasteiger partial charge is 0.303 e. The highest BCUT2D eigenvalue weighted by Crippen LogP contribution is 2.66. The van der Waals surface area contributed by atoms with E-state index in [0.29, 0.717) is 23.2 Å². The molecule has 0 amide bonds. The summed E-state index contributed by atoms with van der Waals surface area (Å²) < 4.78 is 0. The zero-order valence-electron chi connectivity index (χ0n) is 15.3. The van der Waals surface area contributed by atoms with Crippen LogP contribution < -0.4 is 0 Å². The number of hydrogen-bond donors (Lipinski definition) is 1. The first kappa shape index (κ1) is 16.4. The summed E-state index contributed by atoms with van der Waals surface area (Å²) in [6.07, 6.45) is 17.6. The normalized spacial score (nSPS) is 46.7. The van der Waals surface area contributed by atoms with Crippen LogP contribution in [0.2, 0.25) is 0 Å². The number of rotatable bonds is 3. The van der Waals surface area contributed by atoms with E-state index in [9.17, 15) is 4.79 Å². The number of carbonyl (C=O) groups is 1. The van der Waals surface area contributed by atoms with Crippen molar-refractivity contribution in [3.05, 3.63) is 23.8 Å². The highest BCUT2D eigenvalue weighted by atomic mass is 16.4. The maximum Gasteiger partial charge on any atom is 0.303 e. The fraction of sp³-hybridized carbons (Fsp3) is 0.773. The molecular formula is C22H32O2. The summed E-state index contributed by atoms with van der Waals surface area (Å²) in [5, 5.41) is 9.09. The lowest BCUT2D eigenvalue weighted by atomic mass is 9.48. The Kier molecular flexibility index (Phi) is 3.93. The van der Waals surface area contributed by atoms with Crippen LogP contribution in [0.3, 0.4) is 0 Å². The summed E-state index contributed by atoms with van der Waals surface area (Å²) in [5.74, 6) is 2.50. The molecule has 0 saturated heterocycles. The second kappa shape index (κ2) is 5.75. The van der Waals surface area contributed by atoms with Gasteiger partial charge in [0.25, 0.3) is 0 Å². The first-order valence-corrected chi connectivity index (χ1v) is 10.0. The molecule has 0 aromatic rings. The molecule has 132 valence electrons. The molecule has 1 N–H and O–H groups in total. The molecule has 0 spiro atoms. The third-order valence-corrected chi connectivity index (χ3v) is 8.56. The minimum absolute atomic E-state index is 0.355. The van der Waals surface area contributed by atoms with Gasteiger partial charge in [0.15, 0.2) is 0 Å². The molecule has 24 heavy (non-hydrogen) atoms. The SMILES string of the molecule is C[C@]12CC[C@H]3[C@@H](CC=C4C=CCC[C@@]43C)[C@@H]1CC[C@@H]2CCC(=O)O. The Morgan fingerprint density at radius 2 is 2.04 bits per heavy atom. The minimum Gasteiger partial charge on any atom is -0.481 e. The van der Waals surface area contributed by atoms with E-state index in [2.05, 4.69) is 32.1 Å². The molecule has 2 saturated carbocycles. The van der Waals surface area contributed by atoms with Crippen molar-refractivity contribution in [2.24, 2.45) is 34.5 Å². The summed E-state index contributed by atoms with van der Waals surface area (Å²) in [6.45, 7) is 5.02. The molecule has 2 heteroatoms. The van der Waals surface area contributed by atoms with Crippen molar-refractivity contribution in [1.29, 1.82) is 0 Å². The lowest BCUT2D eigenvalue weighted by molar-refractivity contribution is -0.137. The molecule has 0 aromatic heterocycles. The van der Waals surface area contributed by atoms with E-state index in [0.717, 1.165) is 24.2 Å². The van der Waals surface area contributed by atoms with Crippen LogP contribution >= 0.6 is 0 Å². The van der Waals surface area contributed by atoms with E-state index in [1.165, 1.54) is 44.9 Å². The van der Waals surface area contributed by atoms with Crippen LogP contribution in [0.25, 0.3) is 0 Å². The maximum absolute atomic E-state index is 11.0. The molecule has 0 aliphatic heterocycles. The van der Waals surface area contributed by atoms with Crippen LogP contribution in [-0.2, 0) is 4.79 Å². The maximum atomic E-state index is 11.0. The third kappa shape index (κ3) is 2.32. The molecule has 4 aliphatic carbocycles. The first-order valence-electron chi connectivity index (χ1n) is 10.0. The second-order valence-electron chi connectivity index (χ2n) is 9.38. The van der Waals surface area contributed by atoms with Gasteiger partial charge in [-0.2, -0.15) is 0 Å². The molecule has 0 aromatic carbocycles. The van der Waals surface area contributed by atoms with Crippen LogP contribution in [0, 0.1) is 34.5 Å². The van der Waals surface area contributed by atoms with Crippen LogP contribution in [0.5, 0.6) is 0 Å². The Labute approximate surface area is 146 Å². The van der Waals surface area contributed by atoms with Gasteiger partial charge in [-0.15, -0.1) is 0 Å². The number of carboxylic acids is 1. The van der Waals surface area contributed by atoms with E-state index in [4.69, 9.17) is 5.11 Å². The molecule has 0 heterocycles. The van der Waals surface area contributed by atoms with E-state index < -0.39 is 5.97 Å². The van der Waals surface area contributed by atoms with Gasteiger partial charge < -0.3 is 5.11 Å². The summed E-state index contributed by atoms with van der Waals surface area (Å²) in [4.78, 5) is 11.0. The molecule has 4 aliphatic rings. The van der Waals surface area contributed by atoms with Crippen LogP contribution in [0.15, 0.2) is 23.8 Å². The van der Waals surface area contributed by atoms with Crippen molar-refractivity contribution in [2.75, 3.05) is 0 Å². The van der Waals surface area contributed by atoms with Gasteiger partial charge >= 0.3 is 5.97 Å². The van der Waals surface area contributed by atoms with Crippen molar-refractivity contribution in [3.63, 3.8) is 0 Å². The first-order chi connectivity index (χ1) is 11.4. The Bertz CT molecular complexity index is 589. The van der Waals surface area contributed by atoms with Gasteiger partial charge in [-0.25, -0.2) is 0 Å². The molecule has 6 atom stereocenters. The number of aliphatic carboxylic acids is 1. The Morgan fingerprint density at radius 1 is 1.21 bits per heavy atom. The quantitative estimate of drug-likeness (QED) is 0.732. The molecule has 0 radical (unpaired) electrons. The lowest BCUT2D eigenvalue weighted by Gasteiger charge is -2.57. The van der Waals surface area contributed by atoms with Crippen molar-refractivity contribution in [2.45, 2.75) is 71.6 Å². The Hall–Kier alpha value is -1.05. The Balaban J connectivity index is 1.58. The van der Waals surface area contributed by atoms with Gasteiger partial charge in [0.1, 0.15) is 0 Å². The largest absolute Gasteiger partial charge is 0.481 e. The fourth-order valence-electron chi connectivity index (χ4n) is 7.18. The molecular weight excluding hydrogens is 296 g/mol. The lowest BCUT2D eigenvalue weighted by Crippen LogP contribution is -2.49. The van der Waals surface area contributed by atoms with Gasteiger partial charge in [-0.1, -0.05) is 32.1 Å². The molecule has 4 rings (SSSR count). The molecule has 2 nitrogen and oxygen atoms in total. The predicted octanol–water partition coefficient (Wildman–Crippen LogP) is 5.60. The number of allylic oxidation sites excluding steroid dienone is 4. The highest BCUT2D eigenvalue weighted by Gasteiger charge is 2.57. The minimum atomic E-state index is -0.623. The van der Waals surface area contributed by atoms with E-state index in [-0.39, 0.29) is 0 Å². The van der Waals surface area contributed by atoms with E-state index in [1.54, 1.807) is 5.57 Å². The number of hydrogen-bond acceptors (Lipinski definition) is 1. The topological polar surface area (TPSA) is 37.3 Å². The van der Waals surface area contributed by atoms with Gasteiger partial charge in [0.05, 0.1) is 0 Å². The number of fused-ring (bicyclic) bond motifs is 5. The zero-order valence-corrected chi connectivity index (χ0v) is 15.3. The van der Waals surface area contributed by atoms with Crippen LogP contribution in [-0.4, -0.2) is 11.1 Å². The third-order valence-electron chi connectivity index (χ3n) is 8.56. The van der Waals surface area contributed by atoms with Gasteiger partial charge in [0.2, 0.25) is 0 Å².